The lowest BCUT2D eigenvalue weighted by molar-refractivity contribution is -0.140. The van der Waals surface area contributed by atoms with Crippen LogP contribution in [0, 0.1) is 0 Å². The summed E-state index contributed by atoms with van der Waals surface area (Å²) in [6, 6.07) is 13.9. The van der Waals surface area contributed by atoms with Gasteiger partial charge < -0.3 is 19.5 Å². The summed E-state index contributed by atoms with van der Waals surface area (Å²) in [5, 5.41) is 11.2. The largest absolute Gasteiger partial charge is 0.507 e. The fraction of sp³-hybridized carbons (Fsp3) is 0.385. The highest BCUT2D eigenvalue weighted by molar-refractivity contribution is 6.46. The average molecular weight is 438 g/mol. The molecule has 1 unspecified atom stereocenters. The van der Waals surface area contributed by atoms with Crippen LogP contribution in [-0.2, 0) is 14.3 Å². The quantitative estimate of drug-likeness (QED) is 0.369. The van der Waals surface area contributed by atoms with Gasteiger partial charge in [0, 0.05) is 12.1 Å². The Bertz CT molecular complexity index is 1010. The molecule has 0 bridgehead atoms. The van der Waals surface area contributed by atoms with E-state index in [1.165, 1.54) is 4.90 Å². The standard InChI is InChI=1S/C26H31NO5/c1-16(2)20-15-19(11-12-21(20)31-5)24(28)22-23(18-9-7-6-8-10-18)27(26(30)25(22)29)13-14-32-17(3)4/h6-12,15-17,23,28H,13-14H2,1-5H3/b24-22-. The van der Waals surface area contributed by atoms with Crippen LogP contribution >= 0.6 is 0 Å². The first kappa shape index (κ1) is 23.5. The van der Waals surface area contributed by atoms with Gasteiger partial charge in [0.05, 0.1) is 31.4 Å². The summed E-state index contributed by atoms with van der Waals surface area (Å²) in [6.07, 6.45) is 0.00995. The van der Waals surface area contributed by atoms with E-state index < -0.39 is 17.7 Å². The van der Waals surface area contributed by atoms with Crippen molar-refractivity contribution in [2.24, 2.45) is 0 Å². The number of hydrogen-bond acceptors (Lipinski definition) is 5. The van der Waals surface area contributed by atoms with Gasteiger partial charge in [-0.05, 0) is 49.1 Å². The van der Waals surface area contributed by atoms with Crippen molar-refractivity contribution in [2.45, 2.75) is 45.8 Å². The fourth-order valence-electron chi connectivity index (χ4n) is 3.97. The van der Waals surface area contributed by atoms with Crippen molar-refractivity contribution < 1.29 is 24.2 Å². The molecule has 0 spiro atoms. The monoisotopic (exact) mass is 437 g/mol. The van der Waals surface area contributed by atoms with Crippen molar-refractivity contribution in [2.75, 3.05) is 20.3 Å². The third-order valence-corrected chi connectivity index (χ3v) is 5.56. The molecule has 1 atom stereocenters. The zero-order valence-electron chi connectivity index (χ0n) is 19.3. The van der Waals surface area contributed by atoms with Crippen molar-refractivity contribution in [1.29, 1.82) is 0 Å². The number of nitrogens with zero attached hydrogens (tertiary/aromatic N) is 1. The number of aliphatic hydroxyl groups is 1. The Balaban J connectivity index is 2.11. The van der Waals surface area contributed by atoms with Crippen LogP contribution in [0.25, 0.3) is 5.76 Å². The summed E-state index contributed by atoms with van der Waals surface area (Å²) in [7, 11) is 1.60. The van der Waals surface area contributed by atoms with Crippen LogP contribution in [0.3, 0.4) is 0 Å². The molecule has 1 N–H and O–H groups in total. The molecule has 6 nitrogen and oxygen atoms in total. The highest BCUT2D eigenvalue weighted by Gasteiger charge is 2.45. The molecule has 0 radical (unpaired) electrons. The van der Waals surface area contributed by atoms with Crippen molar-refractivity contribution in [3.05, 3.63) is 70.8 Å². The van der Waals surface area contributed by atoms with Gasteiger partial charge in [0.15, 0.2) is 0 Å². The maximum atomic E-state index is 13.1. The molecule has 0 aliphatic carbocycles. The summed E-state index contributed by atoms with van der Waals surface area (Å²) >= 11 is 0. The van der Waals surface area contributed by atoms with Crippen LogP contribution < -0.4 is 4.74 Å². The number of carbonyl (C=O) groups is 2. The predicted molar refractivity (Wildman–Crippen MR) is 124 cm³/mol. The van der Waals surface area contributed by atoms with E-state index >= 15 is 0 Å². The lowest BCUT2D eigenvalue weighted by Gasteiger charge is -2.25. The molecule has 3 rings (SSSR count). The Hall–Kier alpha value is -3.12. The van der Waals surface area contributed by atoms with Gasteiger partial charge in [-0.15, -0.1) is 0 Å². The van der Waals surface area contributed by atoms with E-state index in [9.17, 15) is 14.7 Å². The normalized spacial score (nSPS) is 18.1. The number of ether oxygens (including phenoxy) is 2. The molecule has 170 valence electrons. The highest BCUT2D eigenvalue weighted by Crippen LogP contribution is 2.40. The maximum absolute atomic E-state index is 13.1. The molecule has 6 heteroatoms. The fourth-order valence-corrected chi connectivity index (χ4v) is 3.97. The Kier molecular flexibility index (Phi) is 7.36. The van der Waals surface area contributed by atoms with E-state index in [1.54, 1.807) is 19.2 Å². The van der Waals surface area contributed by atoms with E-state index in [0.717, 1.165) is 11.1 Å². The topological polar surface area (TPSA) is 76.1 Å². The molecule has 1 aliphatic heterocycles. The summed E-state index contributed by atoms with van der Waals surface area (Å²) in [5.41, 5.74) is 2.24. The van der Waals surface area contributed by atoms with Crippen molar-refractivity contribution in [3.63, 3.8) is 0 Å². The zero-order valence-corrected chi connectivity index (χ0v) is 19.3. The van der Waals surface area contributed by atoms with Gasteiger partial charge in [-0.1, -0.05) is 44.2 Å². The molecule has 32 heavy (non-hydrogen) atoms. The molecule has 2 aromatic rings. The second-order valence-corrected chi connectivity index (χ2v) is 8.43. The molecule has 1 saturated heterocycles. The number of amides is 1. The summed E-state index contributed by atoms with van der Waals surface area (Å²) < 4.78 is 11.1. The van der Waals surface area contributed by atoms with E-state index in [-0.39, 0.29) is 29.9 Å². The highest BCUT2D eigenvalue weighted by atomic mass is 16.5. The van der Waals surface area contributed by atoms with Gasteiger partial charge in [0.25, 0.3) is 11.7 Å². The number of likely N-dealkylation sites (tertiary alicyclic amines) is 1. The summed E-state index contributed by atoms with van der Waals surface area (Å²) in [5.74, 6) is -0.650. The van der Waals surface area contributed by atoms with E-state index in [4.69, 9.17) is 9.47 Å². The van der Waals surface area contributed by atoms with Crippen molar-refractivity contribution in [3.8, 4) is 5.75 Å². The number of rotatable bonds is 8. The Morgan fingerprint density at radius 3 is 2.34 bits per heavy atom. The number of Topliss-reactive ketones (excluding diaryl/α,β-unsaturated/α-hetero) is 1. The van der Waals surface area contributed by atoms with Crippen molar-refractivity contribution >= 4 is 17.4 Å². The van der Waals surface area contributed by atoms with Crippen LogP contribution in [0.4, 0.5) is 0 Å². The molecule has 1 fully saturated rings. The molecule has 2 aromatic carbocycles. The minimum Gasteiger partial charge on any atom is -0.507 e. The molecule has 1 heterocycles. The Morgan fingerprint density at radius 1 is 1.06 bits per heavy atom. The van der Waals surface area contributed by atoms with Crippen LogP contribution in [0.2, 0.25) is 0 Å². The number of aliphatic hydroxyl groups excluding tert-OH is 1. The van der Waals surface area contributed by atoms with E-state index in [0.29, 0.717) is 17.9 Å². The van der Waals surface area contributed by atoms with Gasteiger partial charge in [0.2, 0.25) is 0 Å². The van der Waals surface area contributed by atoms with Gasteiger partial charge in [-0.25, -0.2) is 0 Å². The molecule has 0 aromatic heterocycles. The van der Waals surface area contributed by atoms with Gasteiger partial charge in [0.1, 0.15) is 11.5 Å². The second-order valence-electron chi connectivity index (χ2n) is 8.43. The number of hydrogen-bond donors (Lipinski definition) is 1. The first-order valence-corrected chi connectivity index (χ1v) is 10.9. The minimum atomic E-state index is -0.692. The Morgan fingerprint density at radius 2 is 1.75 bits per heavy atom. The smallest absolute Gasteiger partial charge is 0.295 e. The summed E-state index contributed by atoms with van der Waals surface area (Å²) in [6.45, 7) is 8.43. The first-order valence-electron chi connectivity index (χ1n) is 10.9. The van der Waals surface area contributed by atoms with E-state index in [2.05, 4.69) is 0 Å². The average Bonchev–Trinajstić information content (AvgIpc) is 3.03. The number of benzene rings is 2. The van der Waals surface area contributed by atoms with Gasteiger partial charge in [-0.3, -0.25) is 9.59 Å². The molecule has 1 aliphatic rings. The number of methoxy groups -OCH3 is 1. The van der Waals surface area contributed by atoms with Crippen molar-refractivity contribution in [1.82, 2.24) is 4.90 Å². The lowest BCUT2D eigenvalue weighted by atomic mass is 9.93. The van der Waals surface area contributed by atoms with Crippen LogP contribution in [0.1, 0.15) is 56.3 Å². The Labute approximate surface area is 189 Å². The first-order chi connectivity index (χ1) is 15.3. The summed E-state index contributed by atoms with van der Waals surface area (Å²) in [4.78, 5) is 27.5. The molecule has 0 saturated carbocycles. The molecular weight excluding hydrogens is 406 g/mol. The van der Waals surface area contributed by atoms with Gasteiger partial charge in [-0.2, -0.15) is 0 Å². The van der Waals surface area contributed by atoms with Gasteiger partial charge >= 0.3 is 0 Å². The zero-order chi connectivity index (χ0) is 23.4. The predicted octanol–water partition coefficient (Wildman–Crippen LogP) is 4.67. The molecular formula is C26H31NO5. The van der Waals surface area contributed by atoms with Crippen LogP contribution in [0.5, 0.6) is 5.75 Å². The lowest BCUT2D eigenvalue weighted by Crippen LogP contribution is -2.33. The minimum absolute atomic E-state index is 0.00995. The SMILES string of the molecule is COc1ccc(/C(O)=C2/C(=O)C(=O)N(CCOC(C)C)C2c2ccccc2)cc1C(C)C. The maximum Gasteiger partial charge on any atom is 0.295 e. The molecule has 1 amide bonds. The second kappa shape index (κ2) is 10.0. The number of ketones is 1. The van der Waals surface area contributed by atoms with Crippen LogP contribution in [0.15, 0.2) is 54.1 Å². The van der Waals surface area contributed by atoms with Crippen LogP contribution in [-0.4, -0.2) is 48.1 Å². The third kappa shape index (κ3) is 4.70. The number of carbonyl (C=O) groups excluding carboxylic acids is 2. The third-order valence-electron chi connectivity index (χ3n) is 5.56. The van der Waals surface area contributed by atoms with E-state index in [1.807, 2.05) is 64.1 Å².